The number of methoxy groups -OCH3 is 1. The summed E-state index contributed by atoms with van der Waals surface area (Å²) in [5.74, 6) is 0.882. The molecule has 1 saturated carbocycles. The van der Waals surface area contributed by atoms with Crippen LogP contribution in [0.25, 0.3) is 0 Å². The van der Waals surface area contributed by atoms with Crippen LogP contribution in [0.2, 0.25) is 0 Å². The molecule has 3 nitrogen and oxygen atoms in total. The van der Waals surface area contributed by atoms with E-state index < -0.39 is 0 Å². The van der Waals surface area contributed by atoms with Gasteiger partial charge in [0.1, 0.15) is 12.0 Å². The minimum absolute atomic E-state index is 0.724. The molecule has 0 unspecified atom stereocenters. The molecular formula is C16H23NO2. The van der Waals surface area contributed by atoms with Crippen LogP contribution in [-0.4, -0.2) is 30.9 Å². The number of carbonyl (C=O) groups is 1. The number of nitrogens with zero attached hydrogens (tertiary/aromatic N) is 1. The van der Waals surface area contributed by atoms with Gasteiger partial charge >= 0.3 is 0 Å². The third kappa shape index (κ3) is 3.80. The fraction of sp³-hybridized carbons (Fsp3) is 0.562. The molecule has 1 aromatic rings. The quantitative estimate of drug-likeness (QED) is 0.673. The molecule has 0 radical (unpaired) electrons. The summed E-state index contributed by atoms with van der Waals surface area (Å²) in [4.78, 5) is 13.4. The lowest BCUT2D eigenvalue weighted by molar-refractivity contribution is 0.112. The average molecular weight is 261 g/mol. The van der Waals surface area contributed by atoms with Crippen LogP contribution in [0, 0.1) is 0 Å². The van der Waals surface area contributed by atoms with Crippen molar-refractivity contribution in [3.63, 3.8) is 0 Å². The molecule has 0 bridgehead atoms. The smallest absolute Gasteiger partial charge is 0.150 e. The zero-order chi connectivity index (χ0) is 13.7. The van der Waals surface area contributed by atoms with Gasteiger partial charge in [0.25, 0.3) is 0 Å². The van der Waals surface area contributed by atoms with Crippen molar-refractivity contribution in [2.45, 2.75) is 45.2 Å². The molecular weight excluding hydrogens is 238 g/mol. The second-order valence-electron chi connectivity index (χ2n) is 5.24. The fourth-order valence-electron chi connectivity index (χ4n) is 2.41. The summed E-state index contributed by atoms with van der Waals surface area (Å²) in [5.41, 5.74) is 1.84. The van der Waals surface area contributed by atoms with Crippen molar-refractivity contribution in [3.05, 3.63) is 29.3 Å². The Bertz CT molecular complexity index is 427. The maximum Gasteiger partial charge on any atom is 0.150 e. The highest BCUT2D eigenvalue weighted by Gasteiger charge is 2.28. The Hall–Kier alpha value is -1.35. The Labute approximate surface area is 115 Å². The van der Waals surface area contributed by atoms with Gasteiger partial charge in [-0.3, -0.25) is 9.69 Å². The largest absolute Gasteiger partial charge is 0.496 e. The molecule has 0 aliphatic heterocycles. The molecule has 1 aromatic carbocycles. The van der Waals surface area contributed by atoms with Gasteiger partial charge in [-0.25, -0.2) is 0 Å². The van der Waals surface area contributed by atoms with Gasteiger partial charge in [0.2, 0.25) is 0 Å². The van der Waals surface area contributed by atoms with E-state index in [4.69, 9.17) is 4.74 Å². The van der Waals surface area contributed by atoms with E-state index in [2.05, 4.69) is 11.8 Å². The summed E-state index contributed by atoms with van der Waals surface area (Å²) in [5, 5.41) is 0. The second-order valence-corrected chi connectivity index (χ2v) is 5.24. The van der Waals surface area contributed by atoms with Gasteiger partial charge < -0.3 is 4.74 Å². The van der Waals surface area contributed by atoms with Crippen molar-refractivity contribution >= 4 is 6.29 Å². The minimum Gasteiger partial charge on any atom is -0.496 e. The maximum atomic E-state index is 10.9. The highest BCUT2D eigenvalue weighted by Crippen LogP contribution is 2.30. The van der Waals surface area contributed by atoms with E-state index in [0.29, 0.717) is 0 Å². The second kappa shape index (κ2) is 6.71. The molecule has 0 spiro atoms. The number of benzene rings is 1. The van der Waals surface area contributed by atoms with Crippen molar-refractivity contribution in [3.8, 4) is 5.75 Å². The van der Waals surface area contributed by atoms with Crippen LogP contribution in [0.4, 0.5) is 0 Å². The van der Waals surface area contributed by atoms with Gasteiger partial charge in [0, 0.05) is 23.7 Å². The van der Waals surface area contributed by atoms with Crippen LogP contribution in [0.1, 0.15) is 48.5 Å². The monoisotopic (exact) mass is 261 g/mol. The zero-order valence-electron chi connectivity index (χ0n) is 11.9. The number of aldehydes is 1. The highest BCUT2D eigenvalue weighted by atomic mass is 16.5. The number of hydrogen-bond acceptors (Lipinski definition) is 3. The first kappa shape index (κ1) is 14.1. The Kier molecular flexibility index (Phi) is 4.97. The van der Waals surface area contributed by atoms with E-state index in [1.54, 1.807) is 7.11 Å². The van der Waals surface area contributed by atoms with E-state index in [-0.39, 0.29) is 0 Å². The molecule has 1 aliphatic carbocycles. The van der Waals surface area contributed by atoms with E-state index in [9.17, 15) is 4.79 Å². The van der Waals surface area contributed by atoms with Crippen molar-refractivity contribution in [1.29, 1.82) is 0 Å². The molecule has 0 aromatic heterocycles. The summed E-state index contributed by atoms with van der Waals surface area (Å²) in [7, 11) is 1.69. The molecule has 1 aliphatic rings. The van der Waals surface area contributed by atoms with Gasteiger partial charge in [-0.2, -0.15) is 0 Å². The lowest BCUT2D eigenvalue weighted by Gasteiger charge is -2.23. The first-order valence-corrected chi connectivity index (χ1v) is 7.14. The maximum absolute atomic E-state index is 10.9. The molecule has 0 saturated heterocycles. The predicted molar refractivity (Wildman–Crippen MR) is 76.7 cm³/mol. The fourth-order valence-corrected chi connectivity index (χ4v) is 2.41. The topological polar surface area (TPSA) is 29.5 Å². The summed E-state index contributed by atoms with van der Waals surface area (Å²) in [6.07, 6.45) is 5.95. The normalized spacial score (nSPS) is 14.7. The summed E-state index contributed by atoms with van der Waals surface area (Å²) < 4.78 is 5.41. The van der Waals surface area contributed by atoms with Crippen molar-refractivity contribution in [1.82, 2.24) is 4.90 Å². The number of unbranched alkanes of at least 4 members (excludes halogenated alkanes) is 1. The first-order chi connectivity index (χ1) is 9.28. The van der Waals surface area contributed by atoms with Gasteiger partial charge in [-0.05, 0) is 44.0 Å². The average Bonchev–Trinajstić information content (AvgIpc) is 3.27. The third-order valence-corrected chi connectivity index (χ3v) is 3.68. The van der Waals surface area contributed by atoms with Gasteiger partial charge in [0.05, 0.1) is 7.11 Å². The Balaban J connectivity index is 2.12. The Morgan fingerprint density at radius 2 is 2.21 bits per heavy atom. The number of rotatable bonds is 8. The van der Waals surface area contributed by atoms with Crippen LogP contribution in [0.5, 0.6) is 5.75 Å². The predicted octanol–water partition coefficient (Wildman–Crippen LogP) is 3.27. The van der Waals surface area contributed by atoms with E-state index in [1.165, 1.54) is 25.7 Å². The number of carbonyl (C=O) groups excluding carboxylic acids is 1. The van der Waals surface area contributed by atoms with Gasteiger partial charge in [-0.1, -0.05) is 13.3 Å². The molecule has 0 atom stereocenters. The van der Waals surface area contributed by atoms with Gasteiger partial charge in [0.15, 0.2) is 0 Å². The van der Waals surface area contributed by atoms with Crippen molar-refractivity contribution in [2.24, 2.45) is 0 Å². The number of hydrogen-bond donors (Lipinski definition) is 0. The lowest BCUT2D eigenvalue weighted by atomic mass is 10.1. The van der Waals surface area contributed by atoms with Crippen molar-refractivity contribution < 1.29 is 9.53 Å². The molecule has 0 N–H and O–H groups in total. The summed E-state index contributed by atoms with van der Waals surface area (Å²) in [6.45, 7) is 4.24. The lowest BCUT2D eigenvalue weighted by Crippen LogP contribution is -2.27. The molecule has 3 heteroatoms. The van der Waals surface area contributed by atoms with Crippen molar-refractivity contribution in [2.75, 3.05) is 13.7 Å². The van der Waals surface area contributed by atoms with Crippen LogP contribution in [0.3, 0.4) is 0 Å². The van der Waals surface area contributed by atoms with E-state index >= 15 is 0 Å². The van der Waals surface area contributed by atoms with Crippen LogP contribution in [-0.2, 0) is 6.54 Å². The SMILES string of the molecule is CCCCN(Cc1cc(C=O)ccc1OC)C1CC1. The van der Waals surface area contributed by atoms with Crippen LogP contribution >= 0.6 is 0 Å². The molecule has 19 heavy (non-hydrogen) atoms. The first-order valence-electron chi connectivity index (χ1n) is 7.14. The van der Waals surface area contributed by atoms with E-state index in [0.717, 1.165) is 42.3 Å². The Morgan fingerprint density at radius 3 is 2.79 bits per heavy atom. The summed E-state index contributed by atoms with van der Waals surface area (Å²) >= 11 is 0. The van der Waals surface area contributed by atoms with Gasteiger partial charge in [-0.15, -0.1) is 0 Å². The molecule has 0 heterocycles. The Morgan fingerprint density at radius 1 is 1.42 bits per heavy atom. The standard InChI is InChI=1S/C16H23NO2/c1-3-4-9-17(15-6-7-15)11-14-10-13(12-18)5-8-16(14)19-2/h5,8,10,12,15H,3-4,6-7,9,11H2,1-2H3. The molecule has 1 fully saturated rings. The summed E-state index contributed by atoms with van der Waals surface area (Å²) in [6, 6.07) is 6.39. The molecule has 104 valence electrons. The zero-order valence-corrected chi connectivity index (χ0v) is 11.9. The van der Waals surface area contributed by atoms with Crippen LogP contribution < -0.4 is 4.74 Å². The van der Waals surface area contributed by atoms with E-state index in [1.807, 2.05) is 18.2 Å². The molecule has 0 amide bonds. The third-order valence-electron chi connectivity index (χ3n) is 3.68. The highest BCUT2D eigenvalue weighted by molar-refractivity contribution is 5.75. The molecule has 2 rings (SSSR count). The minimum atomic E-state index is 0.724. The van der Waals surface area contributed by atoms with Crippen LogP contribution in [0.15, 0.2) is 18.2 Å². The number of ether oxygens (including phenoxy) is 1.